The van der Waals surface area contributed by atoms with Crippen LogP contribution in [0.15, 0.2) is 18.2 Å². The van der Waals surface area contributed by atoms with Gasteiger partial charge in [0.25, 0.3) is 0 Å². The van der Waals surface area contributed by atoms with Crippen molar-refractivity contribution >= 4 is 5.69 Å². The largest absolute Gasteiger partial charge is 0.380 e. The Hall–Kier alpha value is -1.13. The first-order chi connectivity index (χ1) is 9.24. The molecule has 0 spiro atoms. The van der Waals surface area contributed by atoms with Crippen LogP contribution in [0, 0.1) is 5.82 Å². The minimum Gasteiger partial charge on any atom is -0.380 e. The average Bonchev–Trinajstić information content (AvgIpc) is 2.42. The van der Waals surface area contributed by atoms with Gasteiger partial charge in [-0.2, -0.15) is 0 Å². The van der Waals surface area contributed by atoms with Crippen LogP contribution >= 0.6 is 0 Å². The van der Waals surface area contributed by atoms with Crippen molar-refractivity contribution in [3.8, 4) is 0 Å². The quantitative estimate of drug-likeness (QED) is 0.697. The summed E-state index contributed by atoms with van der Waals surface area (Å²) in [5.74, 6) is -0.145. The zero-order valence-electron chi connectivity index (χ0n) is 12.2. The second kappa shape index (κ2) is 8.88. The van der Waals surface area contributed by atoms with Crippen LogP contribution in [-0.2, 0) is 11.3 Å². The average molecular weight is 268 g/mol. The van der Waals surface area contributed by atoms with Crippen molar-refractivity contribution in [2.24, 2.45) is 0 Å². The molecule has 4 heteroatoms. The van der Waals surface area contributed by atoms with Crippen LogP contribution in [0.1, 0.15) is 26.3 Å². The molecule has 0 radical (unpaired) electrons. The number of halogens is 1. The summed E-state index contributed by atoms with van der Waals surface area (Å²) < 4.78 is 19.3. The molecule has 0 aliphatic carbocycles. The number of ether oxygens (including phenoxy) is 1. The number of hydrogen-bond acceptors (Lipinski definition) is 3. The molecule has 0 saturated carbocycles. The highest BCUT2D eigenvalue weighted by Gasteiger charge is 2.13. The van der Waals surface area contributed by atoms with Gasteiger partial charge in [0.15, 0.2) is 0 Å². The second-order valence-corrected chi connectivity index (χ2v) is 4.29. The molecule has 0 aliphatic rings. The van der Waals surface area contributed by atoms with Gasteiger partial charge in [0.1, 0.15) is 5.82 Å². The third-order valence-corrected chi connectivity index (χ3v) is 3.08. The number of benzene rings is 1. The van der Waals surface area contributed by atoms with Crippen LogP contribution in [-0.4, -0.2) is 32.8 Å². The van der Waals surface area contributed by atoms with Crippen LogP contribution in [0.5, 0.6) is 0 Å². The fourth-order valence-electron chi connectivity index (χ4n) is 2.04. The Bertz CT molecular complexity index is 371. The van der Waals surface area contributed by atoms with E-state index >= 15 is 0 Å². The third kappa shape index (κ3) is 4.80. The van der Waals surface area contributed by atoms with E-state index < -0.39 is 0 Å². The van der Waals surface area contributed by atoms with E-state index in [0.717, 1.165) is 30.9 Å². The SMILES string of the molecule is CCNCc1c(F)cccc1N(CC)CCOCC. The first-order valence-electron chi connectivity index (χ1n) is 7.05. The molecular formula is C15H25FN2O. The fourth-order valence-corrected chi connectivity index (χ4v) is 2.04. The van der Waals surface area contributed by atoms with E-state index in [1.54, 1.807) is 6.07 Å². The zero-order chi connectivity index (χ0) is 14.1. The number of likely N-dealkylation sites (N-methyl/N-ethyl adjacent to an activating group) is 1. The van der Waals surface area contributed by atoms with Crippen molar-refractivity contribution in [2.75, 3.05) is 37.7 Å². The van der Waals surface area contributed by atoms with Crippen molar-refractivity contribution in [3.63, 3.8) is 0 Å². The van der Waals surface area contributed by atoms with Crippen LogP contribution < -0.4 is 10.2 Å². The summed E-state index contributed by atoms with van der Waals surface area (Å²) in [6.45, 7) is 10.5. The number of hydrogen-bond donors (Lipinski definition) is 1. The standard InChI is InChI=1S/C15H25FN2O/c1-4-17-12-13-14(16)8-7-9-15(13)18(5-2)10-11-19-6-3/h7-9,17H,4-6,10-12H2,1-3H3. The molecule has 0 aliphatic heterocycles. The van der Waals surface area contributed by atoms with E-state index in [9.17, 15) is 4.39 Å². The molecule has 1 aromatic carbocycles. The smallest absolute Gasteiger partial charge is 0.129 e. The predicted octanol–water partition coefficient (Wildman–Crippen LogP) is 2.80. The molecule has 0 bridgehead atoms. The summed E-state index contributed by atoms with van der Waals surface area (Å²) in [6.07, 6.45) is 0. The van der Waals surface area contributed by atoms with Gasteiger partial charge < -0.3 is 15.0 Å². The predicted molar refractivity (Wildman–Crippen MR) is 78.2 cm³/mol. The number of rotatable bonds is 9. The van der Waals surface area contributed by atoms with E-state index in [4.69, 9.17) is 4.74 Å². The monoisotopic (exact) mass is 268 g/mol. The van der Waals surface area contributed by atoms with E-state index in [2.05, 4.69) is 17.1 Å². The molecule has 0 unspecified atom stereocenters. The molecule has 1 rings (SSSR count). The van der Waals surface area contributed by atoms with Gasteiger partial charge in [0.05, 0.1) is 6.61 Å². The molecule has 0 saturated heterocycles. The van der Waals surface area contributed by atoms with Gasteiger partial charge in [-0.25, -0.2) is 4.39 Å². The molecule has 108 valence electrons. The Morgan fingerprint density at radius 1 is 1.26 bits per heavy atom. The third-order valence-electron chi connectivity index (χ3n) is 3.08. The van der Waals surface area contributed by atoms with E-state index in [0.29, 0.717) is 19.8 Å². The highest BCUT2D eigenvalue weighted by molar-refractivity contribution is 5.54. The van der Waals surface area contributed by atoms with Gasteiger partial charge in [-0.3, -0.25) is 0 Å². The second-order valence-electron chi connectivity index (χ2n) is 4.29. The molecule has 0 aromatic heterocycles. The minimum atomic E-state index is -0.145. The molecule has 3 nitrogen and oxygen atoms in total. The molecular weight excluding hydrogens is 243 g/mol. The highest BCUT2D eigenvalue weighted by atomic mass is 19.1. The minimum absolute atomic E-state index is 0.145. The topological polar surface area (TPSA) is 24.5 Å². The number of nitrogens with zero attached hydrogens (tertiary/aromatic N) is 1. The zero-order valence-corrected chi connectivity index (χ0v) is 12.2. The maximum Gasteiger partial charge on any atom is 0.129 e. The molecule has 0 fully saturated rings. The Balaban J connectivity index is 2.85. The summed E-state index contributed by atoms with van der Waals surface area (Å²) in [5.41, 5.74) is 1.70. The van der Waals surface area contributed by atoms with Crippen LogP contribution in [0.3, 0.4) is 0 Å². The summed E-state index contributed by atoms with van der Waals surface area (Å²) in [6, 6.07) is 5.27. The van der Waals surface area contributed by atoms with Crippen LogP contribution in [0.2, 0.25) is 0 Å². The lowest BCUT2D eigenvalue weighted by Crippen LogP contribution is -2.29. The summed E-state index contributed by atoms with van der Waals surface area (Å²) >= 11 is 0. The van der Waals surface area contributed by atoms with E-state index in [-0.39, 0.29) is 5.82 Å². The number of anilines is 1. The maximum absolute atomic E-state index is 14.0. The summed E-state index contributed by atoms with van der Waals surface area (Å²) in [7, 11) is 0. The highest BCUT2D eigenvalue weighted by Crippen LogP contribution is 2.23. The molecule has 0 heterocycles. The lowest BCUT2D eigenvalue weighted by atomic mass is 10.1. The van der Waals surface area contributed by atoms with Gasteiger partial charge in [0.2, 0.25) is 0 Å². The molecule has 0 amide bonds. The van der Waals surface area contributed by atoms with Gasteiger partial charge in [0, 0.05) is 37.5 Å². The van der Waals surface area contributed by atoms with Crippen molar-refractivity contribution in [3.05, 3.63) is 29.6 Å². The van der Waals surface area contributed by atoms with Crippen molar-refractivity contribution in [1.29, 1.82) is 0 Å². The molecule has 1 N–H and O–H groups in total. The van der Waals surface area contributed by atoms with Gasteiger partial charge >= 0.3 is 0 Å². The van der Waals surface area contributed by atoms with E-state index in [1.165, 1.54) is 6.07 Å². The Labute approximate surface area is 115 Å². The molecule has 1 aromatic rings. The first kappa shape index (κ1) is 15.9. The fraction of sp³-hybridized carbons (Fsp3) is 0.600. The van der Waals surface area contributed by atoms with E-state index in [1.807, 2.05) is 19.9 Å². The van der Waals surface area contributed by atoms with Crippen molar-refractivity contribution < 1.29 is 9.13 Å². The molecule has 0 atom stereocenters. The maximum atomic E-state index is 14.0. The number of nitrogens with one attached hydrogen (secondary N) is 1. The van der Waals surface area contributed by atoms with Gasteiger partial charge in [-0.1, -0.05) is 13.0 Å². The summed E-state index contributed by atoms with van der Waals surface area (Å²) in [5, 5.41) is 3.19. The van der Waals surface area contributed by atoms with Gasteiger partial charge in [-0.05, 0) is 32.5 Å². The Morgan fingerprint density at radius 2 is 2.05 bits per heavy atom. The lowest BCUT2D eigenvalue weighted by molar-refractivity contribution is 0.154. The Kier molecular flexibility index (Phi) is 7.45. The molecule has 19 heavy (non-hydrogen) atoms. The first-order valence-corrected chi connectivity index (χ1v) is 7.05. The van der Waals surface area contributed by atoms with Crippen molar-refractivity contribution in [1.82, 2.24) is 5.32 Å². The van der Waals surface area contributed by atoms with Crippen LogP contribution in [0.4, 0.5) is 10.1 Å². The normalized spacial score (nSPS) is 10.7. The van der Waals surface area contributed by atoms with Crippen molar-refractivity contribution in [2.45, 2.75) is 27.3 Å². The van der Waals surface area contributed by atoms with Crippen LogP contribution in [0.25, 0.3) is 0 Å². The lowest BCUT2D eigenvalue weighted by Gasteiger charge is -2.26. The Morgan fingerprint density at radius 3 is 2.68 bits per heavy atom. The summed E-state index contributed by atoms with van der Waals surface area (Å²) in [4.78, 5) is 2.16. The van der Waals surface area contributed by atoms with Gasteiger partial charge in [-0.15, -0.1) is 0 Å².